The van der Waals surface area contributed by atoms with E-state index < -0.39 is 53.5 Å². The molecule has 3 amide bonds. The van der Waals surface area contributed by atoms with Crippen LogP contribution in [-0.4, -0.2) is 109 Å². The monoisotopic (exact) mass is 660 g/mol. The van der Waals surface area contributed by atoms with Crippen molar-refractivity contribution in [3.8, 4) is 0 Å². The number of nitrogens with zero attached hydrogens (tertiary/aromatic N) is 2. The van der Waals surface area contributed by atoms with E-state index in [1.54, 1.807) is 20.2 Å². The normalized spacial score (nSPS) is 29.4. The lowest BCUT2D eigenvalue weighted by Crippen LogP contribution is -2.69. The Hall–Kier alpha value is -4.14. The van der Waals surface area contributed by atoms with Crippen LogP contribution in [0.15, 0.2) is 54.6 Å². The summed E-state index contributed by atoms with van der Waals surface area (Å²) in [5, 5.41) is 16.0. The molecule has 3 heterocycles. The molecule has 4 fully saturated rings. The first-order valence-corrected chi connectivity index (χ1v) is 16.3. The number of esters is 1. The Morgan fingerprint density at radius 1 is 1.00 bits per heavy atom. The van der Waals surface area contributed by atoms with Crippen LogP contribution in [0.1, 0.15) is 35.1 Å². The van der Waals surface area contributed by atoms with Gasteiger partial charge in [0.2, 0.25) is 17.7 Å². The van der Waals surface area contributed by atoms with E-state index in [0.717, 1.165) is 22.3 Å². The van der Waals surface area contributed by atoms with E-state index in [4.69, 9.17) is 24.2 Å². The topological polar surface area (TPSA) is 156 Å². The molecule has 0 radical (unpaired) electrons. The fourth-order valence-corrected chi connectivity index (χ4v) is 7.73. The molecule has 1 spiro atoms. The highest BCUT2D eigenvalue weighted by Gasteiger charge is 2.76. The third kappa shape index (κ3) is 5.69. The second kappa shape index (κ2) is 12.7. The van der Waals surface area contributed by atoms with Crippen molar-refractivity contribution in [2.75, 3.05) is 33.8 Å². The van der Waals surface area contributed by atoms with Gasteiger partial charge >= 0.3 is 5.97 Å². The van der Waals surface area contributed by atoms with Crippen LogP contribution in [0.5, 0.6) is 0 Å². The zero-order chi connectivity index (χ0) is 33.6. The number of rotatable bonds is 10. The maximum atomic E-state index is 14.3. The minimum absolute atomic E-state index is 0.00354. The molecule has 0 aromatic heterocycles. The van der Waals surface area contributed by atoms with E-state index in [1.165, 1.54) is 16.0 Å². The van der Waals surface area contributed by atoms with E-state index in [1.807, 2.05) is 48.5 Å². The second-order valence-electron chi connectivity index (χ2n) is 13.3. The summed E-state index contributed by atoms with van der Waals surface area (Å²) in [5.74, 6) is -2.40. The molecule has 1 saturated carbocycles. The molecule has 7 rings (SSSR count). The van der Waals surface area contributed by atoms with Crippen LogP contribution in [0, 0.1) is 5.41 Å². The molecule has 2 bridgehead atoms. The van der Waals surface area contributed by atoms with Crippen molar-refractivity contribution in [1.29, 1.82) is 0 Å². The molecule has 3 aliphatic heterocycles. The van der Waals surface area contributed by atoms with Crippen molar-refractivity contribution in [2.24, 2.45) is 5.41 Å². The number of aliphatic hydroxyl groups is 1. The number of hydroxylamine groups is 2. The van der Waals surface area contributed by atoms with Gasteiger partial charge in [0.1, 0.15) is 29.8 Å². The number of benzene rings is 2. The Morgan fingerprint density at radius 2 is 1.71 bits per heavy atom. The van der Waals surface area contributed by atoms with Gasteiger partial charge < -0.3 is 34.9 Å². The molecular weight excluding hydrogens is 620 g/mol. The van der Waals surface area contributed by atoms with Crippen molar-refractivity contribution >= 4 is 29.8 Å². The average molecular weight is 661 g/mol. The standard InChI is InChI=1S/C35H40N4O9/c1-38(2)27(42)12-11-21-7-9-22(10-8-21)20-39-30-32(43)45-25-19-35(30,33(44)37-14-13-26(41)36-15-16-40)31(48-39)29-28(25)46-34(47-29)17-23-5-3-4-6-24(23)18-34/h3-12,25,28-31,40H,13-20H2,1-2H3,(H,36,41)(H,37,44)/t25-,28-,29-,30-,31+,35-/m0/s1. The molecule has 0 unspecified atom stereocenters. The summed E-state index contributed by atoms with van der Waals surface area (Å²) in [4.78, 5) is 60.4. The lowest BCUT2D eigenvalue weighted by molar-refractivity contribution is -0.217. The number of hydrogen-bond acceptors (Lipinski definition) is 10. The number of hydrogen-bond donors (Lipinski definition) is 3. The SMILES string of the molecule is CN(C)C(=O)C=Cc1ccc(CN2O[C@@H]3[C@H]4OC5(Cc6ccccc6C5)O[C@H]4[C@@H]4C[C@]3(C(=O)NCCC(=O)NCCO)[C@@H]2C(=O)O4)cc1. The Labute approximate surface area is 278 Å². The number of carbonyl (C=O) groups is 4. The van der Waals surface area contributed by atoms with Crippen molar-refractivity contribution in [2.45, 2.75) is 68.5 Å². The Morgan fingerprint density at radius 3 is 2.40 bits per heavy atom. The molecule has 2 aliphatic carbocycles. The number of likely N-dealkylation sites (N-methyl/N-ethyl adjacent to an activating group) is 1. The number of ether oxygens (including phenoxy) is 3. The first kappa shape index (κ1) is 32.4. The quantitative estimate of drug-likeness (QED) is 0.242. The van der Waals surface area contributed by atoms with Crippen molar-refractivity contribution in [3.63, 3.8) is 0 Å². The zero-order valence-corrected chi connectivity index (χ0v) is 26.9. The number of nitrogens with one attached hydrogen (secondary N) is 2. The van der Waals surface area contributed by atoms with Crippen molar-refractivity contribution in [1.82, 2.24) is 20.6 Å². The van der Waals surface area contributed by atoms with Gasteiger partial charge in [-0.15, -0.1) is 0 Å². The van der Waals surface area contributed by atoms with Gasteiger partial charge in [0.15, 0.2) is 11.8 Å². The average Bonchev–Trinajstić information content (AvgIpc) is 3.74. The first-order chi connectivity index (χ1) is 23.1. The van der Waals surface area contributed by atoms with Crippen LogP contribution in [-0.2, 0) is 57.6 Å². The van der Waals surface area contributed by atoms with Crippen LogP contribution in [0.3, 0.4) is 0 Å². The maximum Gasteiger partial charge on any atom is 0.327 e. The lowest BCUT2D eigenvalue weighted by Gasteiger charge is -2.48. The molecule has 3 N–H and O–H groups in total. The van der Waals surface area contributed by atoms with Gasteiger partial charge in [0.25, 0.3) is 0 Å². The third-order valence-corrected chi connectivity index (χ3v) is 9.96. The molecule has 48 heavy (non-hydrogen) atoms. The highest BCUT2D eigenvalue weighted by molar-refractivity contribution is 5.94. The van der Waals surface area contributed by atoms with Gasteiger partial charge in [0, 0.05) is 58.9 Å². The molecule has 13 heteroatoms. The van der Waals surface area contributed by atoms with Crippen molar-refractivity contribution in [3.05, 3.63) is 76.9 Å². The summed E-state index contributed by atoms with van der Waals surface area (Å²) in [6.45, 7) is 0.144. The highest BCUT2D eigenvalue weighted by atomic mass is 16.8. The summed E-state index contributed by atoms with van der Waals surface area (Å²) in [7, 11) is 3.37. The zero-order valence-electron chi connectivity index (χ0n) is 26.9. The summed E-state index contributed by atoms with van der Waals surface area (Å²) in [6, 6.07) is 14.5. The molecule has 2 aromatic carbocycles. The fourth-order valence-electron chi connectivity index (χ4n) is 7.73. The van der Waals surface area contributed by atoms with E-state index in [0.29, 0.717) is 12.8 Å². The molecule has 2 aromatic rings. The Balaban J connectivity index is 1.16. The van der Waals surface area contributed by atoms with E-state index >= 15 is 0 Å². The van der Waals surface area contributed by atoms with Crippen LogP contribution >= 0.6 is 0 Å². The van der Waals surface area contributed by atoms with Crippen LogP contribution < -0.4 is 10.6 Å². The largest absolute Gasteiger partial charge is 0.458 e. The summed E-state index contributed by atoms with van der Waals surface area (Å²) < 4.78 is 19.4. The minimum atomic E-state index is -1.36. The predicted octanol–water partition coefficient (Wildman–Crippen LogP) is 0.482. The minimum Gasteiger partial charge on any atom is -0.458 e. The van der Waals surface area contributed by atoms with Gasteiger partial charge in [-0.1, -0.05) is 48.5 Å². The van der Waals surface area contributed by atoms with E-state index in [9.17, 15) is 19.2 Å². The first-order valence-electron chi connectivity index (χ1n) is 16.3. The van der Waals surface area contributed by atoms with Crippen LogP contribution in [0.25, 0.3) is 6.08 Å². The number of carbonyl (C=O) groups excluding carboxylic acids is 4. The Kier molecular flexibility index (Phi) is 8.58. The summed E-state index contributed by atoms with van der Waals surface area (Å²) in [5.41, 5.74) is 2.53. The molecule has 13 nitrogen and oxygen atoms in total. The van der Waals surface area contributed by atoms with E-state index in [-0.39, 0.29) is 50.9 Å². The van der Waals surface area contributed by atoms with Gasteiger partial charge in [-0.2, -0.15) is 5.06 Å². The van der Waals surface area contributed by atoms with Gasteiger partial charge in [-0.05, 0) is 28.3 Å². The van der Waals surface area contributed by atoms with Crippen LogP contribution in [0.4, 0.5) is 0 Å². The second-order valence-corrected chi connectivity index (χ2v) is 13.3. The molecule has 6 atom stereocenters. The highest BCUT2D eigenvalue weighted by Crippen LogP contribution is 2.58. The summed E-state index contributed by atoms with van der Waals surface area (Å²) >= 11 is 0. The predicted molar refractivity (Wildman–Crippen MR) is 169 cm³/mol. The maximum absolute atomic E-state index is 14.3. The number of fused-ring (bicyclic) bond motifs is 5. The van der Waals surface area contributed by atoms with Crippen molar-refractivity contribution < 1.29 is 43.3 Å². The van der Waals surface area contributed by atoms with Gasteiger partial charge in [-0.25, -0.2) is 0 Å². The Bertz CT molecular complexity index is 1600. The van der Waals surface area contributed by atoms with Crippen LogP contribution in [0.2, 0.25) is 0 Å². The summed E-state index contributed by atoms with van der Waals surface area (Å²) in [6.07, 6.45) is 1.54. The van der Waals surface area contributed by atoms with Gasteiger partial charge in [0.05, 0.1) is 13.2 Å². The number of amides is 3. The fraction of sp³-hybridized carbons (Fsp3) is 0.486. The smallest absolute Gasteiger partial charge is 0.327 e. The molecule has 3 saturated heterocycles. The third-order valence-electron chi connectivity index (χ3n) is 9.96. The lowest BCUT2D eigenvalue weighted by atomic mass is 9.62. The number of aliphatic hydroxyl groups excluding tert-OH is 1. The van der Waals surface area contributed by atoms with Gasteiger partial charge in [-0.3, -0.25) is 24.0 Å². The molecule has 254 valence electrons. The molecular formula is C35H40N4O9. The molecule has 5 aliphatic rings. The van der Waals surface area contributed by atoms with E-state index in [2.05, 4.69) is 10.6 Å².